The molecule has 0 atom stereocenters. The summed E-state index contributed by atoms with van der Waals surface area (Å²) >= 11 is 11.7. The summed E-state index contributed by atoms with van der Waals surface area (Å²) in [5.74, 6) is -0.510. The second kappa shape index (κ2) is 7.82. The van der Waals surface area contributed by atoms with Gasteiger partial charge in [0.1, 0.15) is 10.8 Å². The van der Waals surface area contributed by atoms with Gasteiger partial charge >= 0.3 is 11.9 Å². The van der Waals surface area contributed by atoms with Crippen molar-refractivity contribution in [3.05, 3.63) is 58.6 Å². The second-order valence-electron chi connectivity index (χ2n) is 4.31. The number of esters is 2. The first-order valence-corrected chi connectivity index (χ1v) is 7.22. The molecule has 2 aromatic carbocycles. The summed E-state index contributed by atoms with van der Waals surface area (Å²) in [5, 5.41) is 0.444. The number of halogens is 2. The number of hydrogen-bond donors (Lipinski definition) is 0. The maximum absolute atomic E-state index is 11.7. The van der Waals surface area contributed by atoms with Crippen LogP contribution in [0, 0.1) is 0 Å². The van der Waals surface area contributed by atoms with E-state index in [-0.39, 0.29) is 28.6 Å². The van der Waals surface area contributed by atoms with Crippen LogP contribution in [0.1, 0.15) is 12.8 Å². The van der Waals surface area contributed by atoms with Gasteiger partial charge in [-0.2, -0.15) is 0 Å². The zero-order valence-electron chi connectivity index (χ0n) is 11.4. The van der Waals surface area contributed by atoms with Crippen LogP contribution in [-0.2, 0) is 9.59 Å². The molecule has 0 spiro atoms. The minimum atomic E-state index is -0.589. The molecule has 0 saturated heterocycles. The predicted octanol–water partition coefficient (Wildman–Crippen LogP) is 4.28. The Morgan fingerprint density at radius 1 is 0.818 bits per heavy atom. The third-order valence-electron chi connectivity index (χ3n) is 2.65. The molecule has 0 unspecified atom stereocenters. The van der Waals surface area contributed by atoms with Crippen molar-refractivity contribution in [1.82, 2.24) is 0 Å². The molecule has 0 saturated carbocycles. The van der Waals surface area contributed by atoms with Gasteiger partial charge in [0.15, 0.2) is 5.75 Å². The fourth-order valence-electron chi connectivity index (χ4n) is 1.61. The molecule has 2 aromatic rings. The van der Waals surface area contributed by atoms with Crippen molar-refractivity contribution in [3.63, 3.8) is 0 Å². The molecule has 0 bridgehead atoms. The fraction of sp³-hybridized carbons (Fsp3) is 0.125. The van der Waals surface area contributed by atoms with Crippen molar-refractivity contribution in [2.75, 3.05) is 0 Å². The van der Waals surface area contributed by atoms with Crippen molar-refractivity contribution in [1.29, 1.82) is 0 Å². The van der Waals surface area contributed by atoms with Gasteiger partial charge in [-0.05, 0) is 24.3 Å². The second-order valence-corrected chi connectivity index (χ2v) is 5.10. The zero-order valence-corrected chi connectivity index (χ0v) is 12.9. The van der Waals surface area contributed by atoms with Gasteiger partial charge in [-0.25, -0.2) is 0 Å². The van der Waals surface area contributed by atoms with Gasteiger partial charge in [0.05, 0.1) is 17.9 Å². The number of ether oxygens (including phenoxy) is 2. The van der Waals surface area contributed by atoms with E-state index in [0.717, 1.165) is 0 Å². The lowest BCUT2D eigenvalue weighted by molar-refractivity contribution is -0.140. The van der Waals surface area contributed by atoms with Crippen molar-refractivity contribution >= 4 is 35.1 Å². The van der Waals surface area contributed by atoms with Crippen LogP contribution in [0.5, 0.6) is 11.5 Å². The highest BCUT2D eigenvalue weighted by molar-refractivity contribution is 6.43. The number of hydrogen-bond acceptors (Lipinski definition) is 4. The van der Waals surface area contributed by atoms with E-state index in [1.165, 1.54) is 6.07 Å². The molecule has 6 heteroatoms. The summed E-state index contributed by atoms with van der Waals surface area (Å²) in [6.07, 6.45) is -0.208. The van der Waals surface area contributed by atoms with Gasteiger partial charge in [0.2, 0.25) is 0 Å². The van der Waals surface area contributed by atoms with Crippen LogP contribution in [0.25, 0.3) is 0 Å². The van der Waals surface area contributed by atoms with E-state index >= 15 is 0 Å². The molecule has 0 amide bonds. The van der Waals surface area contributed by atoms with Crippen LogP contribution < -0.4 is 9.47 Å². The molecule has 22 heavy (non-hydrogen) atoms. The lowest BCUT2D eigenvalue weighted by Gasteiger charge is -2.07. The van der Waals surface area contributed by atoms with Crippen molar-refractivity contribution in [2.24, 2.45) is 0 Å². The third kappa shape index (κ3) is 4.76. The summed E-state index contributed by atoms with van der Waals surface area (Å²) in [6.45, 7) is 0. The Hall–Kier alpha value is -2.04. The normalized spacial score (nSPS) is 10.1. The van der Waals surface area contributed by atoms with Crippen LogP contribution in [0.15, 0.2) is 48.5 Å². The maximum Gasteiger partial charge on any atom is 0.311 e. The van der Waals surface area contributed by atoms with Crippen LogP contribution >= 0.6 is 23.2 Å². The number of para-hydroxylation sites is 1. The minimum Gasteiger partial charge on any atom is -0.427 e. The highest BCUT2D eigenvalue weighted by Crippen LogP contribution is 2.31. The van der Waals surface area contributed by atoms with Gasteiger partial charge in [-0.15, -0.1) is 0 Å². The highest BCUT2D eigenvalue weighted by Gasteiger charge is 2.13. The quantitative estimate of drug-likeness (QED) is 0.603. The Morgan fingerprint density at radius 3 is 2.14 bits per heavy atom. The topological polar surface area (TPSA) is 52.6 Å². The maximum atomic E-state index is 11.7. The van der Waals surface area contributed by atoms with E-state index in [1.807, 2.05) is 6.07 Å². The van der Waals surface area contributed by atoms with Gasteiger partial charge in [0.25, 0.3) is 0 Å². The molecule has 0 aliphatic heterocycles. The molecule has 4 nitrogen and oxygen atoms in total. The molecule has 0 N–H and O–H groups in total. The van der Waals surface area contributed by atoms with E-state index < -0.39 is 11.9 Å². The molecule has 2 rings (SSSR count). The first kappa shape index (κ1) is 16.3. The summed E-state index contributed by atoms with van der Waals surface area (Å²) in [6, 6.07) is 13.3. The summed E-state index contributed by atoms with van der Waals surface area (Å²) in [7, 11) is 0. The summed E-state index contributed by atoms with van der Waals surface area (Å²) < 4.78 is 10.1. The molecule has 0 aliphatic carbocycles. The third-order valence-corrected chi connectivity index (χ3v) is 3.45. The van der Waals surface area contributed by atoms with Gasteiger partial charge in [-0.3, -0.25) is 9.59 Å². The SMILES string of the molecule is O=C(CCC(=O)Oc1cccc(Cl)c1Cl)Oc1ccccc1. The molecule has 0 aliphatic rings. The fourth-order valence-corrected chi connectivity index (χ4v) is 1.94. The average molecular weight is 339 g/mol. The molecule has 0 heterocycles. The first-order valence-electron chi connectivity index (χ1n) is 6.46. The monoisotopic (exact) mass is 338 g/mol. The number of rotatable bonds is 5. The highest BCUT2D eigenvalue weighted by atomic mass is 35.5. The van der Waals surface area contributed by atoms with Gasteiger partial charge in [0, 0.05) is 0 Å². The van der Waals surface area contributed by atoms with E-state index in [1.54, 1.807) is 36.4 Å². The molecule has 0 fully saturated rings. The molecule has 114 valence electrons. The van der Waals surface area contributed by atoms with E-state index in [4.69, 9.17) is 32.7 Å². The van der Waals surface area contributed by atoms with E-state index in [0.29, 0.717) is 5.75 Å². The lowest BCUT2D eigenvalue weighted by Crippen LogP contribution is -2.14. The molecule has 0 radical (unpaired) electrons. The van der Waals surface area contributed by atoms with Crippen LogP contribution in [-0.4, -0.2) is 11.9 Å². The molecule has 0 aromatic heterocycles. The van der Waals surface area contributed by atoms with E-state index in [9.17, 15) is 9.59 Å². The summed E-state index contributed by atoms with van der Waals surface area (Å²) in [4.78, 5) is 23.3. The number of benzene rings is 2. The van der Waals surface area contributed by atoms with E-state index in [2.05, 4.69) is 0 Å². The van der Waals surface area contributed by atoms with Gasteiger partial charge in [-0.1, -0.05) is 47.5 Å². The van der Waals surface area contributed by atoms with Crippen molar-refractivity contribution in [3.8, 4) is 11.5 Å². The Kier molecular flexibility index (Phi) is 5.81. The summed E-state index contributed by atoms with van der Waals surface area (Å²) in [5.41, 5.74) is 0. The Morgan fingerprint density at radius 2 is 1.45 bits per heavy atom. The predicted molar refractivity (Wildman–Crippen MR) is 83.4 cm³/mol. The minimum absolute atomic E-state index is 0.0914. The lowest BCUT2D eigenvalue weighted by atomic mass is 10.3. The van der Waals surface area contributed by atoms with Crippen LogP contribution in [0.4, 0.5) is 0 Å². The van der Waals surface area contributed by atoms with Crippen LogP contribution in [0.3, 0.4) is 0 Å². The van der Waals surface area contributed by atoms with Crippen molar-refractivity contribution in [2.45, 2.75) is 12.8 Å². The Balaban J connectivity index is 1.83. The average Bonchev–Trinajstić information content (AvgIpc) is 2.51. The Labute approximate surface area is 137 Å². The smallest absolute Gasteiger partial charge is 0.311 e. The van der Waals surface area contributed by atoms with Crippen molar-refractivity contribution < 1.29 is 19.1 Å². The van der Waals surface area contributed by atoms with Crippen LogP contribution in [0.2, 0.25) is 10.0 Å². The standard InChI is InChI=1S/C16H12Cl2O4/c17-12-7-4-8-13(16(12)18)22-15(20)10-9-14(19)21-11-5-2-1-3-6-11/h1-8H,9-10H2. The zero-order chi connectivity index (χ0) is 15.9. The molecular formula is C16H12Cl2O4. The molecular weight excluding hydrogens is 327 g/mol. The Bertz CT molecular complexity index is 671. The largest absolute Gasteiger partial charge is 0.427 e. The van der Waals surface area contributed by atoms with Gasteiger partial charge < -0.3 is 9.47 Å². The number of carbonyl (C=O) groups is 2. The first-order chi connectivity index (χ1) is 10.6. The number of carbonyl (C=O) groups excluding carboxylic acids is 2.